The summed E-state index contributed by atoms with van der Waals surface area (Å²) in [5, 5.41) is 2.70. The first-order valence-corrected chi connectivity index (χ1v) is 8.29. The second-order valence-electron chi connectivity index (χ2n) is 4.59. The Balaban J connectivity index is 2.36. The number of sulfonamides is 1. The molecule has 6 nitrogen and oxygen atoms in total. The fraction of sp³-hybridized carbons (Fsp3) is 0.462. The summed E-state index contributed by atoms with van der Waals surface area (Å²) in [5.41, 5.74) is 0.474. The average Bonchev–Trinajstić information content (AvgIpc) is 2.57. The van der Waals surface area contributed by atoms with E-state index in [0.29, 0.717) is 24.4 Å². The van der Waals surface area contributed by atoms with E-state index < -0.39 is 16.1 Å². The quantitative estimate of drug-likeness (QED) is 0.893. The molecule has 0 radical (unpaired) electrons. The van der Waals surface area contributed by atoms with E-state index in [1.807, 2.05) is 6.92 Å². The van der Waals surface area contributed by atoms with Crippen LogP contribution in [0.25, 0.3) is 0 Å². The number of rotatable bonds is 3. The Kier molecular flexibility index (Phi) is 4.17. The SMILES string of the molecule is CCNC(=O)C1CCN(S(C)(=O)=O)c2ccccc2O1. The molecule has 1 amide bonds. The van der Waals surface area contributed by atoms with Crippen molar-refractivity contribution >= 4 is 21.6 Å². The molecule has 0 saturated carbocycles. The van der Waals surface area contributed by atoms with Crippen LogP contribution in [0.2, 0.25) is 0 Å². The zero-order valence-electron chi connectivity index (χ0n) is 11.5. The van der Waals surface area contributed by atoms with E-state index in [0.717, 1.165) is 6.26 Å². The number of carbonyl (C=O) groups excluding carboxylic acids is 1. The largest absolute Gasteiger partial charge is 0.478 e. The molecule has 0 fully saturated rings. The summed E-state index contributed by atoms with van der Waals surface area (Å²) >= 11 is 0. The number of hydrogen-bond donors (Lipinski definition) is 1. The Morgan fingerprint density at radius 1 is 1.45 bits per heavy atom. The predicted molar refractivity (Wildman–Crippen MR) is 76.3 cm³/mol. The van der Waals surface area contributed by atoms with Crippen molar-refractivity contribution in [3.8, 4) is 5.75 Å². The smallest absolute Gasteiger partial charge is 0.261 e. The van der Waals surface area contributed by atoms with Crippen LogP contribution < -0.4 is 14.4 Å². The van der Waals surface area contributed by atoms with Gasteiger partial charge in [0.1, 0.15) is 5.75 Å². The maximum Gasteiger partial charge on any atom is 0.261 e. The monoisotopic (exact) mass is 298 g/mol. The maximum atomic E-state index is 11.9. The van der Waals surface area contributed by atoms with E-state index in [1.165, 1.54) is 4.31 Å². The third-order valence-corrected chi connectivity index (χ3v) is 4.22. The number of likely N-dealkylation sites (N-methyl/N-ethyl adjacent to an activating group) is 1. The highest BCUT2D eigenvalue weighted by Gasteiger charge is 2.30. The highest BCUT2D eigenvalue weighted by atomic mass is 32.2. The van der Waals surface area contributed by atoms with Crippen molar-refractivity contribution in [1.29, 1.82) is 0 Å². The number of amides is 1. The number of hydrogen-bond acceptors (Lipinski definition) is 4. The van der Waals surface area contributed by atoms with E-state index in [2.05, 4.69) is 5.32 Å². The lowest BCUT2D eigenvalue weighted by Crippen LogP contribution is -2.39. The normalized spacial score (nSPS) is 18.7. The minimum Gasteiger partial charge on any atom is -0.478 e. The van der Waals surface area contributed by atoms with Crippen LogP contribution in [0.5, 0.6) is 5.75 Å². The minimum atomic E-state index is -3.40. The summed E-state index contributed by atoms with van der Waals surface area (Å²) in [6.07, 6.45) is 0.784. The lowest BCUT2D eigenvalue weighted by Gasteiger charge is -2.20. The molecule has 1 aromatic rings. The first kappa shape index (κ1) is 14.6. The van der Waals surface area contributed by atoms with Crippen LogP contribution in [0.4, 0.5) is 5.69 Å². The van der Waals surface area contributed by atoms with Crippen molar-refractivity contribution in [2.24, 2.45) is 0 Å². The second-order valence-corrected chi connectivity index (χ2v) is 6.50. The number of nitrogens with zero attached hydrogens (tertiary/aromatic N) is 1. The molecule has 1 heterocycles. The molecule has 0 aliphatic carbocycles. The average molecular weight is 298 g/mol. The number of benzene rings is 1. The van der Waals surface area contributed by atoms with Crippen LogP contribution in [0.3, 0.4) is 0 Å². The van der Waals surface area contributed by atoms with Crippen molar-refractivity contribution in [1.82, 2.24) is 5.32 Å². The van der Waals surface area contributed by atoms with Crippen molar-refractivity contribution in [3.63, 3.8) is 0 Å². The first-order chi connectivity index (χ1) is 9.43. The molecule has 1 atom stereocenters. The summed E-state index contributed by atoms with van der Waals surface area (Å²) in [4.78, 5) is 11.9. The zero-order valence-corrected chi connectivity index (χ0v) is 12.3. The standard InChI is InChI=1S/C13H18N2O4S/c1-3-14-13(16)12-8-9-15(20(2,17)18)10-6-4-5-7-11(10)19-12/h4-7,12H,3,8-9H2,1-2H3,(H,14,16). The third-order valence-electron chi connectivity index (χ3n) is 3.04. The van der Waals surface area contributed by atoms with Gasteiger partial charge in [-0.25, -0.2) is 8.42 Å². The molecule has 7 heteroatoms. The van der Waals surface area contributed by atoms with Crippen molar-refractivity contribution < 1.29 is 17.9 Å². The molecule has 20 heavy (non-hydrogen) atoms. The maximum absolute atomic E-state index is 11.9. The summed E-state index contributed by atoms with van der Waals surface area (Å²) in [5.74, 6) is 0.185. The highest BCUT2D eigenvalue weighted by molar-refractivity contribution is 7.92. The number of nitrogens with one attached hydrogen (secondary N) is 1. The molecule has 1 aliphatic rings. The van der Waals surface area contributed by atoms with Crippen LogP contribution >= 0.6 is 0 Å². The van der Waals surface area contributed by atoms with Gasteiger partial charge in [-0.1, -0.05) is 12.1 Å². The molecule has 2 rings (SSSR count). The van der Waals surface area contributed by atoms with Gasteiger partial charge >= 0.3 is 0 Å². The number of fused-ring (bicyclic) bond motifs is 1. The Hall–Kier alpha value is -1.76. The molecular weight excluding hydrogens is 280 g/mol. The van der Waals surface area contributed by atoms with Gasteiger partial charge in [-0.3, -0.25) is 9.10 Å². The third kappa shape index (κ3) is 3.04. The summed E-state index contributed by atoms with van der Waals surface area (Å²) in [7, 11) is -3.40. The van der Waals surface area contributed by atoms with Gasteiger partial charge in [-0.15, -0.1) is 0 Å². The van der Waals surface area contributed by atoms with Crippen molar-refractivity contribution in [2.75, 3.05) is 23.7 Å². The van der Waals surface area contributed by atoms with Crippen LogP contribution in [0, 0.1) is 0 Å². The molecule has 0 spiro atoms. The lowest BCUT2D eigenvalue weighted by atomic mass is 10.2. The fourth-order valence-electron chi connectivity index (χ4n) is 2.15. The topological polar surface area (TPSA) is 75.7 Å². The van der Waals surface area contributed by atoms with Gasteiger partial charge in [-0.2, -0.15) is 0 Å². The van der Waals surface area contributed by atoms with E-state index in [-0.39, 0.29) is 12.5 Å². The van der Waals surface area contributed by atoms with E-state index in [9.17, 15) is 13.2 Å². The van der Waals surface area contributed by atoms with Gasteiger partial charge in [0, 0.05) is 19.5 Å². The molecule has 0 aromatic heterocycles. The summed E-state index contributed by atoms with van der Waals surface area (Å²) in [6, 6.07) is 6.84. The van der Waals surface area contributed by atoms with Crippen molar-refractivity contribution in [2.45, 2.75) is 19.4 Å². The Labute approximate surface area is 118 Å². The molecule has 1 aromatic carbocycles. The Morgan fingerprint density at radius 2 is 2.15 bits per heavy atom. The Bertz CT molecular complexity index is 600. The van der Waals surface area contributed by atoms with Gasteiger partial charge < -0.3 is 10.1 Å². The van der Waals surface area contributed by atoms with E-state index in [4.69, 9.17) is 4.74 Å². The summed E-state index contributed by atoms with van der Waals surface area (Å²) < 4.78 is 30.7. The number of para-hydroxylation sites is 2. The lowest BCUT2D eigenvalue weighted by molar-refractivity contribution is -0.127. The highest BCUT2D eigenvalue weighted by Crippen LogP contribution is 2.33. The molecule has 0 bridgehead atoms. The van der Waals surface area contributed by atoms with Gasteiger partial charge in [0.15, 0.2) is 6.10 Å². The van der Waals surface area contributed by atoms with Gasteiger partial charge in [0.2, 0.25) is 10.0 Å². The predicted octanol–water partition coefficient (Wildman–Crippen LogP) is 0.740. The van der Waals surface area contributed by atoms with Crippen LogP contribution in [-0.2, 0) is 14.8 Å². The molecule has 1 unspecified atom stereocenters. The molecule has 110 valence electrons. The van der Waals surface area contributed by atoms with Crippen LogP contribution in [0.1, 0.15) is 13.3 Å². The molecule has 1 N–H and O–H groups in total. The number of carbonyl (C=O) groups is 1. The van der Waals surface area contributed by atoms with E-state index >= 15 is 0 Å². The zero-order chi connectivity index (χ0) is 14.8. The van der Waals surface area contributed by atoms with E-state index in [1.54, 1.807) is 24.3 Å². The number of anilines is 1. The Morgan fingerprint density at radius 3 is 2.80 bits per heavy atom. The molecule has 1 aliphatic heterocycles. The molecule has 0 saturated heterocycles. The first-order valence-electron chi connectivity index (χ1n) is 6.44. The fourth-order valence-corrected chi connectivity index (χ4v) is 3.09. The van der Waals surface area contributed by atoms with Crippen molar-refractivity contribution in [3.05, 3.63) is 24.3 Å². The van der Waals surface area contributed by atoms with Gasteiger partial charge in [0.05, 0.1) is 11.9 Å². The van der Waals surface area contributed by atoms with Gasteiger partial charge in [-0.05, 0) is 19.1 Å². The summed E-state index contributed by atoms with van der Waals surface area (Å²) in [6.45, 7) is 2.55. The number of ether oxygens (including phenoxy) is 1. The second kappa shape index (κ2) is 5.70. The minimum absolute atomic E-state index is 0.220. The van der Waals surface area contributed by atoms with Crippen LogP contribution in [0.15, 0.2) is 24.3 Å². The van der Waals surface area contributed by atoms with Crippen LogP contribution in [-0.4, -0.2) is 39.8 Å². The molecular formula is C13H18N2O4S. The van der Waals surface area contributed by atoms with Gasteiger partial charge in [0.25, 0.3) is 5.91 Å².